The number of rotatable bonds is 4. The summed E-state index contributed by atoms with van der Waals surface area (Å²) in [4.78, 5) is 22.6. The number of nitrogens with zero attached hydrogens (tertiary/aromatic N) is 3. The third-order valence-corrected chi connectivity index (χ3v) is 4.16. The minimum absolute atomic E-state index is 0.0105. The van der Waals surface area contributed by atoms with Crippen molar-refractivity contribution >= 4 is 23.0 Å². The highest BCUT2D eigenvalue weighted by Crippen LogP contribution is 2.26. The number of carbonyl (C=O) groups is 1. The monoisotopic (exact) mass is 295 g/mol. The van der Waals surface area contributed by atoms with Crippen molar-refractivity contribution in [2.45, 2.75) is 27.3 Å². The van der Waals surface area contributed by atoms with Crippen molar-refractivity contribution in [3.05, 3.63) is 42.9 Å². The molecule has 1 N–H and O–H groups in total. The lowest BCUT2D eigenvalue weighted by Gasteiger charge is -2.02. The quantitative estimate of drug-likeness (QED) is 0.690. The molecule has 0 aliphatic heterocycles. The van der Waals surface area contributed by atoms with Crippen LogP contribution in [0, 0.1) is 30.9 Å². The lowest BCUT2D eigenvalue weighted by atomic mass is 10.2. The molecular weight excluding hydrogens is 282 g/mol. The molecule has 106 valence electrons. The molecule has 20 heavy (non-hydrogen) atoms. The van der Waals surface area contributed by atoms with E-state index in [0.717, 1.165) is 10.4 Å². The van der Waals surface area contributed by atoms with Gasteiger partial charge in [0.25, 0.3) is 0 Å². The fourth-order valence-corrected chi connectivity index (χ4v) is 2.92. The molecule has 0 atom stereocenters. The number of aromatic nitrogens is 2. The number of nitro groups is 1. The molecule has 0 saturated carbocycles. The normalized spacial score (nSPS) is 10.8. The first-order valence-electron chi connectivity index (χ1n) is 5.82. The van der Waals surface area contributed by atoms with E-state index in [-0.39, 0.29) is 10.6 Å². The van der Waals surface area contributed by atoms with Crippen molar-refractivity contribution in [3.63, 3.8) is 0 Å². The standard InChI is InChI=1S/C12H13N3O4S/c1-6-11(15(18)19)7(2)14(13-6)5-9-4-10(12(16)17)20-8(9)3/h4H,5H2,1-3H3,(H,16,17). The van der Waals surface area contributed by atoms with E-state index in [0.29, 0.717) is 17.9 Å². The van der Waals surface area contributed by atoms with Crippen LogP contribution in [-0.4, -0.2) is 25.8 Å². The van der Waals surface area contributed by atoms with E-state index < -0.39 is 10.9 Å². The van der Waals surface area contributed by atoms with Gasteiger partial charge in [0, 0.05) is 4.88 Å². The van der Waals surface area contributed by atoms with Gasteiger partial charge in [0.1, 0.15) is 16.3 Å². The fraction of sp³-hybridized carbons (Fsp3) is 0.333. The van der Waals surface area contributed by atoms with Gasteiger partial charge in [-0.15, -0.1) is 11.3 Å². The van der Waals surface area contributed by atoms with Gasteiger partial charge in [0.05, 0.1) is 11.5 Å². The summed E-state index contributed by atoms with van der Waals surface area (Å²) in [6.45, 7) is 5.38. The van der Waals surface area contributed by atoms with Gasteiger partial charge in [-0.3, -0.25) is 14.8 Å². The molecule has 0 fully saturated rings. The SMILES string of the molecule is Cc1nn(Cc2cc(C(=O)O)sc2C)c(C)c1[N+](=O)[O-]. The highest BCUT2D eigenvalue weighted by Gasteiger charge is 2.22. The summed E-state index contributed by atoms with van der Waals surface area (Å²) in [7, 11) is 0. The Morgan fingerprint density at radius 1 is 1.50 bits per heavy atom. The minimum Gasteiger partial charge on any atom is -0.477 e. The van der Waals surface area contributed by atoms with E-state index in [1.165, 1.54) is 16.0 Å². The zero-order chi connectivity index (χ0) is 15.0. The van der Waals surface area contributed by atoms with E-state index >= 15 is 0 Å². The molecule has 0 aliphatic carbocycles. The van der Waals surface area contributed by atoms with E-state index in [4.69, 9.17) is 5.11 Å². The summed E-state index contributed by atoms with van der Waals surface area (Å²) in [5, 5.41) is 24.1. The predicted molar refractivity (Wildman–Crippen MR) is 73.5 cm³/mol. The first-order valence-corrected chi connectivity index (χ1v) is 6.64. The Morgan fingerprint density at radius 3 is 2.60 bits per heavy atom. The largest absolute Gasteiger partial charge is 0.477 e. The Morgan fingerprint density at radius 2 is 2.15 bits per heavy atom. The van der Waals surface area contributed by atoms with Crippen molar-refractivity contribution in [1.29, 1.82) is 0 Å². The topological polar surface area (TPSA) is 98.3 Å². The third-order valence-electron chi connectivity index (χ3n) is 3.08. The van der Waals surface area contributed by atoms with Crippen LogP contribution in [0.4, 0.5) is 5.69 Å². The van der Waals surface area contributed by atoms with Crippen molar-refractivity contribution in [1.82, 2.24) is 9.78 Å². The van der Waals surface area contributed by atoms with Gasteiger partial charge in [-0.1, -0.05) is 0 Å². The minimum atomic E-state index is -0.969. The summed E-state index contributed by atoms with van der Waals surface area (Å²) in [6.07, 6.45) is 0. The molecule has 0 amide bonds. The van der Waals surface area contributed by atoms with Crippen LogP contribution in [0.3, 0.4) is 0 Å². The molecule has 2 rings (SSSR count). The van der Waals surface area contributed by atoms with Crippen LogP contribution in [0.15, 0.2) is 6.07 Å². The molecule has 0 aliphatic rings. The summed E-state index contributed by atoms with van der Waals surface area (Å²) >= 11 is 1.19. The molecule has 0 saturated heterocycles. The van der Waals surface area contributed by atoms with Crippen LogP contribution in [0.5, 0.6) is 0 Å². The van der Waals surface area contributed by atoms with Gasteiger partial charge in [0.15, 0.2) is 0 Å². The number of carboxylic acid groups (broad SMARTS) is 1. The predicted octanol–water partition coefficient (Wildman–Crippen LogP) is 2.52. The Bertz CT molecular complexity index is 702. The van der Waals surface area contributed by atoms with Crippen molar-refractivity contribution in [2.24, 2.45) is 0 Å². The average molecular weight is 295 g/mol. The molecule has 0 aromatic carbocycles. The highest BCUT2D eigenvalue weighted by atomic mass is 32.1. The molecule has 2 heterocycles. The Balaban J connectivity index is 2.38. The Kier molecular flexibility index (Phi) is 3.58. The molecule has 0 unspecified atom stereocenters. The maximum atomic E-state index is 10.9. The summed E-state index contributed by atoms with van der Waals surface area (Å²) in [6, 6.07) is 1.59. The number of thiophene rings is 1. The zero-order valence-corrected chi connectivity index (χ0v) is 12.0. The van der Waals surface area contributed by atoms with Gasteiger partial charge in [0.2, 0.25) is 0 Å². The lowest BCUT2D eigenvalue weighted by molar-refractivity contribution is -0.386. The Hall–Kier alpha value is -2.22. The molecule has 2 aromatic heterocycles. The van der Waals surface area contributed by atoms with E-state index in [1.54, 1.807) is 19.9 Å². The molecular formula is C12H13N3O4S. The second-order valence-electron chi connectivity index (χ2n) is 4.43. The summed E-state index contributed by atoms with van der Waals surface area (Å²) < 4.78 is 1.54. The molecule has 8 heteroatoms. The van der Waals surface area contributed by atoms with Crippen LogP contribution in [0.2, 0.25) is 0 Å². The van der Waals surface area contributed by atoms with E-state index in [2.05, 4.69) is 5.10 Å². The molecule has 2 aromatic rings. The molecule has 7 nitrogen and oxygen atoms in total. The van der Waals surface area contributed by atoms with Crippen LogP contribution in [-0.2, 0) is 6.54 Å². The molecule has 0 bridgehead atoms. The maximum absolute atomic E-state index is 10.9. The van der Waals surface area contributed by atoms with Gasteiger partial charge in [-0.25, -0.2) is 4.79 Å². The van der Waals surface area contributed by atoms with Crippen molar-refractivity contribution < 1.29 is 14.8 Å². The first kappa shape index (κ1) is 14.2. The van der Waals surface area contributed by atoms with Crippen molar-refractivity contribution in [2.75, 3.05) is 0 Å². The van der Waals surface area contributed by atoms with Gasteiger partial charge in [-0.2, -0.15) is 5.10 Å². The smallest absolute Gasteiger partial charge is 0.345 e. The number of aromatic carboxylic acids is 1. The van der Waals surface area contributed by atoms with Gasteiger partial charge >= 0.3 is 11.7 Å². The second kappa shape index (κ2) is 5.04. The number of hydrogen-bond donors (Lipinski definition) is 1. The van der Waals surface area contributed by atoms with Crippen LogP contribution >= 0.6 is 11.3 Å². The Labute approximate surface area is 118 Å². The van der Waals surface area contributed by atoms with Crippen molar-refractivity contribution in [3.8, 4) is 0 Å². The van der Waals surface area contributed by atoms with Crippen LogP contribution in [0.1, 0.15) is 31.5 Å². The number of carboxylic acids is 1. The molecule has 0 radical (unpaired) electrons. The van der Waals surface area contributed by atoms with E-state index in [9.17, 15) is 14.9 Å². The molecule has 0 spiro atoms. The van der Waals surface area contributed by atoms with Gasteiger partial charge in [-0.05, 0) is 32.4 Å². The number of aryl methyl sites for hydroxylation is 2. The lowest BCUT2D eigenvalue weighted by Crippen LogP contribution is -2.04. The fourth-order valence-electron chi connectivity index (χ4n) is 2.05. The maximum Gasteiger partial charge on any atom is 0.345 e. The summed E-state index contributed by atoms with van der Waals surface area (Å²) in [5.74, 6) is -0.969. The highest BCUT2D eigenvalue weighted by molar-refractivity contribution is 7.14. The average Bonchev–Trinajstić information content (AvgIpc) is 2.82. The van der Waals surface area contributed by atoms with Gasteiger partial charge < -0.3 is 5.11 Å². The zero-order valence-electron chi connectivity index (χ0n) is 11.2. The first-order chi connectivity index (χ1) is 9.31. The van der Waals surface area contributed by atoms with Crippen LogP contribution in [0.25, 0.3) is 0 Å². The van der Waals surface area contributed by atoms with Crippen LogP contribution < -0.4 is 0 Å². The summed E-state index contributed by atoms with van der Waals surface area (Å²) in [5.41, 5.74) is 1.65. The second-order valence-corrected chi connectivity index (χ2v) is 5.69. The third kappa shape index (κ3) is 2.42. The van der Waals surface area contributed by atoms with E-state index in [1.807, 2.05) is 6.92 Å². The number of hydrogen-bond acceptors (Lipinski definition) is 5.